The predicted molar refractivity (Wildman–Crippen MR) is 87.2 cm³/mol. The lowest BCUT2D eigenvalue weighted by molar-refractivity contribution is 0.0901. The van der Waals surface area contributed by atoms with E-state index in [9.17, 15) is 4.79 Å². The minimum absolute atomic E-state index is 0.0241. The van der Waals surface area contributed by atoms with Crippen LogP contribution in [0.25, 0.3) is 0 Å². The van der Waals surface area contributed by atoms with Gasteiger partial charge < -0.3 is 24.8 Å². The fraction of sp³-hybridized carbons (Fsp3) is 0.750. The highest BCUT2D eigenvalue weighted by Gasteiger charge is 2.34. The molecule has 0 aliphatic carbocycles. The number of likely N-dealkylation sites (N-methyl/N-ethyl adjacent to an activating group) is 1. The van der Waals surface area contributed by atoms with Crippen molar-refractivity contribution in [1.29, 1.82) is 0 Å². The average Bonchev–Trinajstić information content (AvgIpc) is 3.25. The highest BCUT2D eigenvalue weighted by atomic mass is 16.5. The Morgan fingerprint density at radius 2 is 2.35 bits per heavy atom. The number of rotatable bonds is 5. The summed E-state index contributed by atoms with van der Waals surface area (Å²) in [6.07, 6.45) is 6.75. The lowest BCUT2D eigenvalue weighted by atomic mass is 10.1. The predicted octanol–water partition coefficient (Wildman–Crippen LogP) is 1.13. The number of hydrogen-bond donors (Lipinski definition) is 2. The number of imidazole rings is 1. The van der Waals surface area contributed by atoms with Crippen LogP contribution in [0.5, 0.6) is 0 Å². The Bertz CT molecular complexity index is 532. The van der Waals surface area contributed by atoms with Crippen molar-refractivity contribution in [3.05, 3.63) is 18.2 Å². The number of likely N-dealkylation sites (tertiary alicyclic amines) is 1. The number of carbonyl (C=O) groups excluding carboxylic acids is 1. The van der Waals surface area contributed by atoms with Gasteiger partial charge in [-0.3, -0.25) is 0 Å². The summed E-state index contributed by atoms with van der Waals surface area (Å²) in [4.78, 5) is 18.9. The van der Waals surface area contributed by atoms with E-state index in [1.807, 2.05) is 6.20 Å². The van der Waals surface area contributed by atoms with Crippen molar-refractivity contribution in [3.8, 4) is 0 Å². The van der Waals surface area contributed by atoms with Gasteiger partial charge >= 0.3 is 6.03 Å². The third-order valence-electron chi connectivity index (χ3n) is 4.92. The smallest absolute Gasteiger partial charge is 0.315 e. The topological polar surface area (TPSA) is 71.4 Å². The SMILES string of the molecule is CCn1ccnc1[C@H]1OCC[C@@H]1NC(=O)NCC1CCCN1C. The van der Waals surface area contributed by atoms with Gasteiger partial charge in [-0.25, -0.2) is 9.78 Å². The van der Waals surface area contributed by atoms with Gasteiger partial charge in [0.05, 0.1) is 6.04 Å². The third kappa shape index (κ3) is 3.67. The van der Waals surface area contributed by atoms with Gasteiger partial charge in [0.25, 0.3) is 0 Å². The van der Waals surface area contributed by atoms with Crippen molar-refractivity contribution in [1.82, 2.24) is 25.1 Å². The van der Waals surface area contributed by atoms with Crippen molar-refractivity contribution < 1.29 is 9.53 Å². The second-order valence-electron chi connectivity index (χ2n) is 6.39. The Morgan fingerprint density at radius 1 is 1.48 bits per heavy atom. The zero-order valence-corrected chi connectivity index (χ0v) is 14.0. The lowest BCUT2D eigenvalue weighted by Gasteiger charge is -2.23. The summed E-state index contributed by atoms with van der Waals surface area (Å²) >= 11 is 0. The fourth-order valence-electron chi connectivity index (χ4n) is 3.50. The van der Waals surface area contributed by atoms with E-state index >= 15 is 0 Å². The van der Waals surface area contributed by atoms with Crippen LogP contribution in [-0.2, 0) is 11.3 Å². The Kier molecular flexibility index (Phi) is 5.17. The minimum Gasteiger partial charge on any atom is -0.368 e. The summed E-state index contributed by atoms with van der Waals surface area (Å²) in [7, 11) is 2.11. The van der Waals surface area contributed by atoms with Gasteiger partial charge in [0.2, 0.25) is 0 Å². The van der Waals surface area contributed by atoms with Gasteiger partial charge in [-0.1, -0.05) is 0 Å². The van der Waals surface area contributed by atoms with E-state index in [1.165, 1.54) is 6.42 Å². The molecular formula is C16H27N5O2. The van der Waals surface area contributed by atoms with Gasteiger partial charge in [0.1, 0.15) is 11.9 Å². The molecule has 1 aromatic rings. The van der Waals surface area contributed by atoms with Crippen molar-refractivity contribution in [3.63, 3.8) is 0 Å². The quantitative estimate of drug-likeness (QED) is 0.853. The summed E-state index contributed by atoms with van der Waals surface area (Å²) < 4.78 is 7.88. The van der Waals surface area contributed by atoms with E-state index in [1.54, 1.807) is 6.20 Å². The molecule has 1 aromatic heterocycles. The number of ether oxygens (including phenoxy) is 1. The number of amides is 2. The Hall–Kier alpha value is -1.60. The van der Waals surface area contributed by atoms with Crippen LogP contribution < -0.4 is 10.6 Å². The molecule has 2 amide bonds. The van der Waals surface area contributed by atoms with Crippen molar-refractivity contribution in [2.45, 2.75) is 50.9 Å². The molecule has 1 unspecified atom stereocenters. The molecule has 0 spiro atoms. The molecule has 3 heterocycles. The first-order chi connectivity index (χ1) is 11.2. The maximum atomic E-state index is 12.2. The van der Waals surface area contributed by atoms with Crippen LogP contribution in [0, 0.1) is 0 Å². The van der Waals surface area contributed by atoms with E-state index in [0.29, 0.717) is 19.2 Å². The number of nitrogens with one attached hydrogen (secondary N) is 2. The molecular weight excluding hydrogens is 294 g/mol. The fourth-order valence-corrected chi connectivity index (χ4v) is 3.50. The normalized spacial score (nSPS) is 28.2. The maximum Gasteiger partial charge on any atom is 0.315 e. The zero-order chi connectivity index (χ0) is 16.2. The molecule has 2 fully saturated rings. The van der Waals surface area contributed by atoms with Gasteiger partial charge in [0.15, 0.2) is 0 Å². The minimum atomic E-state index is -0.162. The first-order valence-electron chi connectivity index (χ1n) is 8.56. The molecule has 7 nitrogen and oxygen atoms in total. The summed E-state index contributed by atoms with van der Waals surface area (Å²) in [6, 6.07) is 0.319. The second-order valence-corrected chi connectivity index (χ2v) is 6.39. The molecule has 7 heteroatoms. The number of hydrogen-bond acceptors (Lipinski definition) is 4. The molecule has 23 heavy (non-hydrogen) atoms. The van der Waals surface area contributed by atoms with Gasteiger partial charge in [-0.05, 0) is 39.8 Å². The Labute approximate surface area is 137 Å². The molecule has 2 saturated heterocycles. The van der Waals surface area contributed by atoms with Crippen LogP contribution >= 0.6 is 0 Å². The molecule has 3 rings (SSSR count). The number of nitrogens with zero attached hydrogens (tertiary/aromatic N) is 3. The Morgan fingerprint density at radius 3 is 3.09 bits per heavy atom. The Balaban J connectivity index is 1.53. The molecule has 0 bridgehead atoms. The first-order valence-corrected chi connectivity index (χ1v) is 8.56. The molecule has 128 valence electrons. The van der Waals surface area contributed by atoms with Crippen LogP contribution in [0.1, 0.15) is 38.1 Å². The van der Waals surface area contributed by atoms with Gasteiger partial charge in [-0.15, -0.1) is 0 Å². The monoisotopic (exact) mass is 321 g/mol. The molecule has 0 aromatic carbocycles. The van der Waals surface area contributed by atoms with E-state index < -0.39 is 0 Å². The average molecular weight is 321 g/mol. The highest BCUT2D eigenvalue weighted by Crippen LogP contribution is 2.28. The number of urea groups is 1. The molecule has 0 radical (unpaired) electrons. The van der Waals surface area contributed by atoms with Crippen LogP contribution in [0.15, 0.2) is 12.4 Å². The number of carbonyl (C=O) groups is 1. The third-order valence-corrected chi connectivity index (χ3v) is 4.92. The summed E-state index contributed by atoms with van der Waals surface area (Å²) in [6.45, 7) is 5.39. The number of aromatic nitrogens is 2. The first kappa shape index (κ1) is 16.3. The highest BCUT2D eigenvalue weighted by molar-refractivity contribution is 5.74. The van der Waals surface area contributed by atoms with E-state index in [-0.39, 0.29) is 18.2 Å². The summed E-state index contributed by atoms with van der Waals surface area (Å²) in [5.41, 5.74) is 0. The van der Waals surface area contributed by atoms with Crippen molar-refractivity contribution >= 4 is 6.03 Å². The largest absolute Gasteiger partial charge is 0.368 e. The summed E-state index contributed by atoms with van der Waals surface area (Å²) in [5, 5.41) is 6.06. The molecule has 0 saturated carbocycles. The zero-order valence-electron chi connectivity index (χ0n) is 14.0. The van der Waals surface area contributed by atoms with Crippen LogP contribution in [-0.4, -0.2) is 59.3 Å². The van der Waals surface area contributed by atoms with Gasteiger partial charge in [0, 0.05) is 38.1 Å². The van der Waals surface area contributed by atoms with Crippen LogP contribution in [0.3, 0.4) is 0 Å². The van der Waals surface area contributed by atoms with E-state index in [0.717, 1.165) is 31.8 Å². The van der Waals surface area contributed by atoms with Crippen molar-refractivity contribution in [2.24, 2.45) is 0 Å². The molecule has 3 atom stereocenters. The van der Waals surface area contributed by atoms with Crippen LogP contribution in [0.2, 0.25) is 0 Å². The van der Waals surface area contributed by atoms with Gasteiger partial charge in [-0.2, -0.15) is 0 Å². The van der Waals surface area contributed by atoms with Crippen LogP contribution in [0.4, 0.5) is 4.79 Å². The summed E-state index contributed by atoms with van der Waals surface area (Å²) in [5.74, 6) is 0.894. The van der Waals surface area contributed by atoms with E-state index in [4.69, 9.17) is 4.74 Å². The lowest BCUT2D eigenvalue weighted by Crippen LogP contribution is -2.47. The van der Waals surface area contributed by atoms with E-state index in [2.05, 4.69) is 39.1 Å². The standard InChI is InChI=1S/C16H27N5O2/c1-3-21-9-7-17-15(21)14-13(6-10-23-14)19-16(22)18-11-12-5-4-8-20(12)2/h7,9,12-14H,3-6,8,10-11H2,1-2H3,(H2,18,19,22)/t12?,13-,14-/m0/s1. The molecule has 2 aliphatic heterocycles. The maximum absolute atomic E-state index is 12.2. The molecule has 2 aliphatic rings. The number of aryl methyl sites for hydroxylation is 1. The molecule has 2 N–H and O–H groups in total. The second kappa shape index (κ2) is 7.31. The van der Waals surface area contributed by atoms with Crippen molar-refractivity contribution in [2.75, 3.05) is 26.7 Å².